The highest BCUT2D eigenvalue weighted by atomic mass is 127. The van der Waals surface area contributed by atoms with Crippen molar-refractivity contribution in [2.45, 2.75) is 45.3 Å². The maximum Gasteiger partial charge on any atom is 0.193 e. The molecule has 2 heterocycles. The molecule has 1 aromatic rings. The van der Waals surface area contributed by atoms with Gasteiger partial charge in [-0.2, -0.15) is 0 Å². The fourth-order valence-corrected chi connectivity index (χ4v) is 3.35. The van der Waals surface area contributed by atoms with Crippen LogP contribution in [0.4, 0.5) is 5.69 Å². The van der Waals surface area contributed by atoms with Gasteiger partial charge in [0.15, 0.2) is 17.5 Å². The first kappa shape index (κ1) is 20.1. The fraction of sp³-hybridized carbons (Fsp3) is 0.611. The molecule has 2 atom stereocenters. The molecule has 7 heteroatoms. The van der Waals surface area contributed by atoms with Gasteiger partial charge in [-0.25, -0.2) is 0 Å². The van der Waals surface area contributed by atoms with E-state index in [1.807, 2.05) is 18.2 Å². The number of guanidine groups is 1. The van der Waals surface area contributed by atoms with Gasteiger partial charge in [0, 0.05) is 24.7 Å². The summed E-state index contributed by atoms with van der Waals surface area (Å²) in [7, 11) is 0. The molecule has 2 aliphatic rings. The molecular weight excluding hydrogens is 433 g/mol. The number of hydrogen-bond acceptors (Lipinski definition) is 4. The van der Waals surface area contributed by atoms with Gasteiger partial charge in [0.25, 0.3) is 0 Å². The van der Waals surface area contributed by atoms with Crippen LogP contribution in [0.15, 0.2) is 23.2 Å². The molecule has 1 aromatic carbocycles. The third-order valence-electron chi connectivity index (χ3n) is 4.33. The van der Waals surface area contributed by atoms with Crippen molar-refractivity contribution >= 4 is 35.6 Å². The minimum atomic E-state index is 0. The summed E-state index contributed by atoms with van der Waals surface area (Å²) in [5, 5.41) is 3.14. The molecular formula is C18H28IN3O3. The standard InChI is InChI=1S/C18H27N3O3.HI/c1-12-8-14(9-13(2)24-12)11-20-18(19)21-15-4-5-16-17(10-15)23-7-3-6-22-16;/h4-5,10,12-14H,3,6-9,11H2,1-2H3,(H3,19,20,21);1H. The van der Waals surface area contributed by atoms with Crippen molar-refractivity contribution in [3.63, 3.8) is 0 Å². The molecule has 2 unspecified atom stereocenters. The number of aliphatic imine (C=N–C) groups is 1. The number of hydrogen-bond donors (Lipinski definition) is 2. The largest absolute Gasteiger partial charge is 0.490 e. The van der Waals surface area contributed by atoms with Crippen LogP contribution in [-0.4, -0.2) is 37.9 Å². The maximum atomic E-state index is 6.03. The lowest BCUT2D eigenvalue weighted by molar-refractivity contribution is -0.0501. The number of benzene rings is 1. The van der Waals surface area contributed by atoms with E-state index in [9.17, 15) is 0 Å². The Balaban J connectivity index is 0.00000225. The Morgan fingerprint density at radius 3 is 2.56 bits per heavy atom. The average Bonchev–Trinajstić information content (AvgIpc) is 2.77. The third kappa shape index (κ3) is 5.91. The van der Waals surface area contributed by atoms with Gasteiger partial charge in [-0.3, -0.25) is 4.99 Å². The number of fused-ring (bicyclic) bond motifs is 1. The van der Waals surface area contributed by atoms with Crippen LogP contribution in [-0.2, 0) is 4.74 Å². The summed E-state index contributed by atoms with van der Waals surface area (Å²) in [6.45, 7) is 6.31. The zero-order valence-corrected chi connectivity index (χ0v) is 17.2. The minimum Gasteiger partial charge on any atom is -0.490 e. The summed E-state index contributed by atoms with van der Waals surface area (Å²) in [5.74, 6) is 2.47. The number of rotatable bonds is 3. The van der Waals surface area contributed by atoms with E-state index in [0.717, 1.165) is 43.0 Å². The molecule has 140 valence electrons. The zero-order chi connectivity index (χ0) is 16.9. The van der Waals surface area contributed by atoms with E-state index in [4.69, 9.17) is 19.9 Å². The molecule has 0 aliphatic carbocycles. The van der Waals surface area contributed by atoms with Gasteiger partial charge in [-0.1, -0.05) is 0 Å². The summed E-state index contributed by atoms with van der Waals surface area (Å²) in [4.78, 5) is 4.50. The number of ether oxygens (including phenoxy) is 3. The van der Waals surface area contributed by atoms with Crippen LogP contribution < -0.4 is 20.5 Å². The quantitative estimate of drug-likeness (QED) is 0.410. The second-order valence-corrected chi connectivity index (χ2v) is 6.66. The SMILES string of the molecule is CC1CC(CN=C(N)Nc2ccc3c(c2)OCCCO3)CC(C)O1.I. The lowest BCUT2D eigenvalue weighted by Crippen LogP contribution is -2.31. The number of halogens is 1. The van der Waals surface area contributed by atoms with Crippen LogP contribution in [0.5, 0.6) is 11.5 Å². The van der Waals surface area contributed by atoms with Crippen molar-refractivity contribution in [1.82, 2.24) is 0 Å². The molecule has 6 nitrogen and oxygen atoms in total. The first-order valence-electron chi connectivity index (χ1n) is 8.72. The number of nitrogens with two attached hydrogens (primary N) is 1. The van der Waals surface area contributed by atoms with E-state index in [1.165, 1.54) is 0 Å². The number of nitrogens with one attached hydrogen (secondary N) is 1. The summed E-state index contributed by atoms with van der Waals surface area (Å²) in [6.07, 6.45) is 3.55. The van der Waals surface area contributed by atoms with E-state index in [2.05, 4.69) is 24.2 Å². The highest BCUT2D eigenvalue weighted by molar-refractivity contribution is 14.0. The van der Waals surface area contributed by atoms with E-state index >= 15 is 0 Å². The lowest BCUT2D eigenvalue weighted by atomic mass is 9.93. The zero-order valence-electron chi connectivity index (χ0n) is 14.9. The normalized spacial score (nSPS) is 26.3. The van der Waals surface area contributed by atoms with Gasteiger partial charge in [-0.15, -0.1) is 24.0 Å². The molecule has 0 bridgehead atoms. The van der Waals surface area contributed by atoms with E-state index in [1.54, 1.807) is 0 Å². The van der Waals surface area contributed by atoms with E-state index < -0.39 is 0 Å². The predicted molar refractivity (Wildman–Crippen MR) is 110 cm³/mol. The minimum absolute atomic E-state index is 0. The second kappa shape index (κ2) is 9.47. The molecule has 3 rings (SSSR count). The van der Waals surface area contributed by atoms with Crippen molar-refractivity contribution < 1.29 is 14.2 Å². The molecule has 0 aromatic heterocycles. The van der Waals surface area contributed by atoms with Gasteiger partial charge in [0.2, 0.25) is 0 Å². The molecule has 0 spiro atoms. The maximum absolute atomic E-state index is 6.03. The van der Waals surface area contributed by atoms with Crippen LogP contribution in [0.1, 0.15) is 33.1 Å². The highest BCUT2D eigenvalue weighted by Crippen LogP contribution is 2.32. The molecule has 1 saturated heterocycles. The van der Waals surface area contributed by atoms with Crippen LogP contribution in [0.2, 0.25) is 0 Å². The molecule has 25 heavy (non-hydrogen) atoms. The molecule has 3 N–H and O–H groups in total. The monoisotopic (exact) mass is 461 g/mol. The van der Waals surface area contributed by atoms with Crippen molar-refractivity contribution in [3.8, 4) is 11.5 Å². The first-order valence-corrected chi connectivity index (χ1v) is 8.72. The van der Waals surface area contributed by atoms with Gasteiger partial charge < -0.3 is 25.3 Å². The van der Waals surface area contributed by atoms with Gasteiger partial charge >= 0.3 is 0 Å². The Kier molecular flexibility index (Phi) is 7.61. The number of nitrogens with zero attached hydrogens (tertiary/aromatic N) is 1. The summed E-state index contributed by atoms with van der Waals surface area (Å²) in [6, 6.07) is 5.73. The molecule has 1 fully saturated rings. The van der Waals surface area contributed by atoms with Gasteiger partial charge in [0.05, 0.1) is 25.4 Å². The van der Waals surface area contributed by atoms with Gasteiger partial charge in [0.1, 0.15) is 0 Å². The topological polar surface area (TPSA) is 78.1 Å². The van der Waals surface area contributed by atoms with Crippen LogP contribution in [0, 0.1) is 5.92 Å². The van der Waals surface area contributed by atoms with Crippen molar-refractivity contribution in [1.29, 1.82) is 0 Å². The summed E-state index contributed by atoms with van der Waals surface area (Å²) in [5.41, 5.74) is 6.89. The van der Waals surface area contributed by atoms with Crippen LogP contribution in [0.25, 0.3) is 0 Å². The Hall–Kier alpha value is -1.22. The number of anilines is 1. The Labute approximate surface area is 166 Å². The molecule has 2 aliphatic heterocycles. The van der Waals surface area contributed by atoms with Crippen molar-refractivity contribution in [2.24, 2.45) is 16.6 Å². The summed E-state index contributed by atoms with van der Waals surface area (Å²) >= 11 is 0. The van der Waals surface area contributed by atoms with Crippen molar-refractivity contribution in [3.05, 3.63) is 18.2 Å². The summed E-state index contributed by atoms with van der Waals surface area (Å²) < 4.78 is 17.1. The van der Waals surface area contributed by atoms with E-state index in [-0.39, 0.29) is 24.0 Å². The Bertz CT molecular complexity index is 587. The first-order chi connectivity index (χ1) is 11.6. The molecule has 0 saturated carbocycles. The van der Waals surface area contributed by atoms with Gasteiger partial charge in [-0.05, 0) is 44.7 Å². The Morgan fingerprint density at radius 2 is 1.84 bits per heavy atom. The van der Waals surface area contributed by atoms with Crippen molar-refractivity contribution in [2.75, 3.05) is 25.1 Å². The lowest BCUT2D eigenvalue weighted by Gasteiger charge is -2.31. The highest BCUT2D eigenvalue weighted by Gasteiger charge is 2.24. The smallest absolute Gasteiger partial charge is 0.193 e. The average molecular weight is 461 g/mol. The molecule has 0 amide bonds. The van der Waals surface area contributed by atoms with Crippen LogP contribution in [0.3, 0.4) is 0 Å². The van der Waals surface area contributed by atoms with Crippen LogP contribution >= 0.6 is 24.0 Å². The predicted octanol–water partition coefficient (Wildman–Crippen LogP) is 3.40. The third-order valence-corrected chi connectivity index (χ3v) is 4.33. The van der Waals surface area contributed by atoms with E-state index in [0.29, 0.717) is 37.3 Å². The fourth-order valence-electron chi connectivity index (χ4n) is 3.35. The molecule has 0 radical (unpaired) electrons. The second-order valence-electron chi connectivity index (χ2n) is 6.66. The Morgan fingerprint density at radius 1 is 1.16 bits per heavy atom.